The summed E-state index contributed by atoms with van der Waals surface area (Å²) in [6, 6.07) is 14.9. The molecule has 0 saturated carbocycles. The van der Waals surface area contributed by atoms with Crippen LogP contribution in [0.5, 0.6) is 0 Å². The first-order valence-corrected chi connectivity index (χ1v) is 10.9. The fraction of sp³-hybridized carbons (Fsp3) is 0.208. The van der Waals surface area contributed by atoms with E-state index in [4.69, 9.17) is 28.3 Å². The standard InChI is InChI=1S/C24H20Cl2N4O/c1-14-22-20(23(29(2)28-22)17-11-18(25)13-19(26)12-17)7-9-30(14)24(31)16-5-6-21-15(10-16)4-3-8-27-21/h3-6,8,10-14H,7,9H2,1-2H3/t14-/m0/s1. The fourth-order valence-corrected chi connectivity index (χ4v) is 4.97. The molecule has 7 heteroatoms. The molecule has 0 radical (unpaired) electrons. The molecule has 0 unspecified atom stereocenters. The van der Waals surface area contributed by atoms with Crippen molar-refractivity contribution in [1.29, 1.82) is 0 Å². The molecule has 156 valence electrons. The minimum Gasteiger partial charge on any atom is -0.330 e. The summed E-state index contributed by atoms with van der Waals surface area (Å²) in [5.74, 6) is 0.00176. The van der Waals surface area contributed by atoms with Crippen LogP contribution in [0.2, 0.25) is 10.0 Å². The maximum Gasteiger partial charge on any atom is 0.254 e. The smallest absolute Gasteiger partial charge is 0.254 e. The van der Waals surface area contributed by atoms with E-state index in [0.29, 0.717) is 28.6 Å². The monoisotopic (exact) mass is 450 g/mol. The predicted molar refractivity (Wildman–Crippen MR) is 124 cm³/mol. The van der Waals surface area contributed by atoms with Crippen molar-refractivity contribution in [2.45, 2.75) is 19.4 Å². The third kappa shape index (κ3) is 3.48. The molecule has 1 aliphatic heterocycles. The minimum atomic E-state index is -0.143. The second kappa shape index (κ2) is 7.66. The number of rotatable bonds is 2. The molecule has 3 heterocycles. The van der Waals surface area contributed by atoms with Gasteiger partial charge < -0.3 is 4.90 Å². The highest BCUT2D eigenvalue weighted by atomic mass is 35.5. The Hall–Kier alpha value is -2.89. The highest BCUT2D eigenvalue weighted by Gasteiger charge is 2.33. The van der Waals surface area contributed by atoms with E-state index in [0.717, 1.165) is 33.4 Å². The van der Waals surface area contributed by atoms with E-state index in [9.17, 15) is 4.79 Å². The Labute approximate surface area is 190 Å². The molecule has 0 bridgehead atoms. The first-order chi connectivity index (χ1) is 14.9. The second-order valence-corrected chi connectivity index (χ2v) is 8.70. The quantitative estimate of drug-likeness (QED) is 0.393. The predicted octanol–water partition coefficient (Wildman–Crippen LogP) is 5.70. The number of hydrogen-bond acceptors (Lipinski definition) is 3. The van der Waals surface area contributed by atoms with E-state index in [1.54, 1.807) is 12.3 Å². The number of amides is 1. The largest absolute Gasteiger partial charge is 0.330 e. The molecule has 0 spiro atoms. The van der Waals surface area contributed by atoms with Crippen molar-refractivity contribution < 1.29 is 4.79 Å². The number of pyridine rings is 1. The van der Waals surface area contributed by atoms with Gasteiger partial charge >= 0.3 is 0 Å². The normalized spacial score (nSPS) is 15.9. The van der Waals surface area contributed by atoms with Crippen LogP contribution in [0.1, 0.15) is 34.6 Å². The van der Waals surface area contributed by atoms with E-state index in [2.05, 4.69) is 4.98 Å². The number of benzene rings is 2. The van der Waals surface area contributed by atoms with Gasteiger partial charge in [-0.25, -0.2) is 0 Å². The van der Waals surface area contributed by atoms with Crippen molar-refractivity contribution in [2.75, 3.05) is 6.54 Å². The zero-order valence-corrected chi connectivity index (χ0v) is 18.7. The lowest BCUT2D eigenvalue weighted by atomic mass is 9.95. The Morgan fingerprint density at radius 1 is 1.10 bits per heavy atom. The molecule has 0 fully saturated rings. The molecule has 5 rings (SSSR count). The lowest BCUT2D eigenvalue weighted by Gasteiger charge is -2.33. The molecule has 31 heavy (non-hydrogen) atoms. The Kier molecular flexibility index (Phi) is 4.95. The summed E-state index contributed by atoms with van der Waals surface area (Å²) in [5, 5.41) is 6.90. The number of carbonyl (C=O) groups is 1. The van der Waals surface area contributed by atoms with Crippen LogP contribution in [-0.4, -0.2) is 32.1 Å². The van der Waals surface area contributed by atoms with Gasteiger partial charge in [0.05, 0.1) is 22.9 Å². The van der Waals surface area contributed by atoms with Crippen LogP contribution in [-0.2, 0) is 13.5 Å². The molecule has 0 aliphatic carbocycles. The van der Waals surface area contributed by atoms with Crippen LogP contribution in [0.3, 0.4) is 0 Å². The molecule has 0 N–H and O–H groups in total. The number of fused-ring (bicyclic) bond motifs is 2. The number of hydrogen-bond donors (Lipinski definition) is 0. The lowest BCUT2D eigenvalue weighted by molar-refractivity contribution is 0.0674. The van der Waals surface area contributed by atoms with E-state index in [1.165, 1.54) is 0 Å². The van der Waals surface area contributed by atoms with Gasteiger partial charge in [-0.3, -0.25) is 14.5 Å². The van der Waals surface area contributed by atoms with E-state index in [-0.39, 0.29) is 11.9 Å². The lowest BCUT2D eigenvalue weighted by Crippen LogP contribution is -2.38. The van der Waals surface area contributed by atoms with Crippen LogP contribution in [0.4, 0.5) is 0 Å². The van der Waals surface area contributed by atoms with Gasteiger partial charge in [-0.1, -0.05) is 29.3 Å². The SMILES string of the molecule is C[C@H]1c2nn(C)c(-c3cc(Cl)cc(Cl)c3)c2CCN1C(=O)c1ccc2ncccc2c1. The van der Waals surface area contributed by atoms with Crippen LogP contribution in [0, 0.1) is 0 Å². The first-order valence-electron chi connectivity index (χ1n) is 10.1. The summed E-state index contributed by atoms with van der Waals surface area (Å²) in [7, 11) is 1.91. The van der Waals surface area contributed by atoms with Gasteiger partial charge in [-0.15, -0.1) is 0 Å². The molecule has 4 aromatic rings. The zero-order valence-electron chi connectivity index (χ0n) is 17.1. The molecule has 2 aromatic heterocycles. The summed E-state index contributed by atoms with van der Waals surface area (Å²) in [6.45, 7) is 2.64. The Balaban J connectivity index is 1.50. The fourth-order valence-electron chi connectivity index (χ4n) is 4.45. The van der Waals surface area contributed by atoms with Gasteiger partial charge in [0.15, 0.2) is 0 Å². The van der Waals surface area contributed by atoms with Gasteiger partial charge in [-0.05, 0) is 55.8 Å². The third-order valence-electron chi connectivity index (χ3n) is 5.89. The van der Waals surface area contributed by atoms with E-state index < -0.39 is 0 Å². The Morgan fingerprint density at radius 2 is 1.87 bits per heavy atom. The molecule has 2 aromatic carbocycles. The second-order valence-electron chi connectivity index (χ2n) is 7.83. The van der Waals surface area contributed by atoms with Gasteiger partial charge in [0.25, 0.3) is 5.91 Å². The summed E-state index contributed by atoms with van der Waals surface area (Å²) in [6.07, 6.45) is 2.47. The van der Waals surface area contributed by atoms with Crippen LogP contribution < -0.4 is 0 Å². The highest BCUT2D eigenvalue weighted by Crippen LogP contribution is 2.37. The summed E-state index contributed by atoms with van der Waals surface area (Å²) in [4.78, 5) is 19.6. The van der Waals surface area contributed by atoms with E-state index >= 15 is 0 Å². The van der Waals surface area contributed by atoms with Crippen LogP contribution in [0.15, 0.2) is 54.7 Å². The van der Waals surface area contributed by atoms with Gasteiger partial charge in [0, 0.05) is 51.9 Å². The summed E-state index contributed by atoms with van der Waals surface area (Å²) in [5.41, 5.74) is 5.52. The number of aromatic nitrogens is 3. The van der Waals surface area contributed by atoms with Crippen molar-refractivity contribution in [2.24, 2.45) is 7.05 Å². The number of halogens is 2. The Bertz CT molecular complexity index is 1310. The maximum atomic E-state index is 13.4. The summed E-state index contributed by atoms with van der Waals surface area (Å²) < 4.78 is 1.86. The van der Waals surface area contributed by atoms with Crippen molar-refractivity contribution >= 4 is 40.0 Å². The van der Waals surface area contributed by atoms with Crippen molar-refractivity contribution in [3.63, 3.8) is 0 Å². The number of nitrogens with zero attached hydrogens (tertiary/aromatic N) is 4. The molecule has 0 saturated heterocycles. The van der Waals surface area contributed by atoms with Crippen LogP contribution >= 0.6 is 23.2 Å². The van der Waals surface area contributed by atoms with Crippen molar-refractivity contribution in [3.05, 3.63) is 81.6 Å². The Morgan fingerprint density at radius 3 is 2.65 bits per heavy atom. The van der Waals surface area contributed by atoms with Gasteiger partial charge in [-0.2, -0.15) is 5.10 Å². The van der Waals surface area contributed by atoms with E-state index in [1.807, 2.05) is 66.0 Å². The number of carbonyl (C=O) groups excluding carboxylic acids is 1. The molecule has 1 aliphatic rings. The molecule has 1 atom stereocenters. The highest BCUT2D eigenvalue weighted by molar-refractivity contribution is 6.35. The first kappa shape index (κ1) is 20.0. The average molecular weight is 451 g/mol. The summed E-state index contributed by atoms with van der Waals surface area (Å²) >= 11 is 12.5. The molecular formula is C24H20Cl2N4O. The maximum absolute atomic E-state index is 13.4. The molecular weight excluding hydrogens is 431 g/mol. The third-order valence-corrected chi connectivity index (χ3v) is 6.33. The van der Waals surface area contributed by atoms with Gasteiger partial charge in [0.2, 0.25) is 0 Å². The minimum absolute atomic E-state index is 0.00176. The number of aryl methyl sites for hydroxylation is 1. The zero-order chi connectivity index (χ0) is 21.7. The molecule has 5 nitrogen and oxygen atoms in total. The molecule has 1 amide bonds. The van der Waals surface area contributed by atoms with Gasteiger partial charge in [0.1, 0.15) is 0 Å². The van der Waals surface area contributed by atoms with Crippen LogP contribution in [0.25, 0.3) is 22.2 Å². The van der Waals surface area contributed by atoms with Crippen molar-refractivity contribution in [3.8, 4) is 11.3 Å². The topological polar surface area (TPSA) is 51.0 Å². The van der Waals surface area contributed by atoms with Crippen molar-refractivity contribution in [1.82, 2.24) is 19.7 Å². The average Bonchev–Trinajstić information content (AvgIpc) is 3.09.